The van der Waals surface area contributed by atoms with Crippen LogP contribution < -0.4 is 10.6 Å². The van der Waals surface area contributed by atoms with Gasteiger partial charge in [-0.3, -0.25) is 14.4 Å². The molecule has 0 radical (unpaired) electrons. The molecule has 1 saturated carbocycles. The molecule has 2 bridgehead atoms. The zero-order valence-corrected chi connectivity index (χ0v) is 25.2. The smallest absolute Gasteiger partial charge is 0.246 e. The van der Waals surface area contributed by atoms with E-state index in [0.717, 1.165) is 25.7 Å². The van der Waals surface area contributed by atoms with E-state index in [1.807, 2.05) is 37.3 Å². The van der Waals surface area contributed by atoms with Crippen molar-refractivity contribution >= 4 is 35.0 Å². The van der Waals surface area contributed by atoms with Crippen LogP contribution in [0.4, 0.5) is 5.69 Å². The molecular weight excluding hydrogens is 550 g/mol. The number of nitrogens with zero attached hydrogens (tertiary/aromatic N) is 1. The van der Waals surface area contributed by atoms with Crippen molar-refractivity contribution in [2.45, 2.75) is 82.7 Å². The van der Waals surface area contributed by atoms with Crippen molar-refractivity contribution in [3.8, 4) is 0 Å². The number of carbonyl (C=O) groups is 3. The highest BCUT2D eigenvalue weighted by Gasteiger charge is 2.73. The lowest BCUT2D eigenvalue weighted by Crippen LogP contribution is -2.59. The molecule has 0 aromatic heterocycles. The Hall–Kier alpha value is -3.16. The Bertz CT molecular complexity index is 1360. The van der Waals surface area contributed by atoms with Gasteiger partial charge in [-0.15, -0.1) is 0 Å². The zero-order valence-electron chi connectivity index (χ0n) is 24.5. The van der Waals surface area contributed by atoms with Crippen molar-refractivity contribution in [2.24, 2.45) is 23.7 Å². The minimum atomic E-state index is -1.18. The molecule has 42 heavy (non-hydrogen) atoms. The minimum absolute atomic E-state index is 0.0415. The van der Waals surface area contributed by atoms with Gasteiger partial charge in [0.15, 0.2) is 0 Å². The molecule has 3 aliphatic heterocycles. The topological polar surface area (TPSA) is 87.7 Å². The highest BCUT2D eigenvalue weighted by Crippen LogP contribution is 2.56. The van der Waals surface area contributed by atoms with Gasteiger partial charge in [0.2, 0.25) is 17.7 Å². The van der Waals surface area contributed by atoms with E-state index in [1.54, 1.807) is 29.2 Å². The van der Waals surface area contributed by atoms with Gasteiger partial charge in [-0.05, 0) is 67.9 Å². The van der Waals surface area contributed by atoms with Crippen LogP contribution in [0.3, 0.4) is 0 Å². The molecule has 4 aliphatic rings. The fourth-order valence-electron chi connectivity index (χ4n) is 7.65. The number of benzene rings is 2. The molecule has 1 aliphatic carbocycles. The highest BCUT2D eigenvalue weighted by atomic mass is 35.5. The molecule has 3 fully saturated rings. The van der Waals surface area contributed by atoms with Crippen LogP contribution in [0.15, 0.2) is 66.7 Å². The summed E-state index contributed by atoms with van der Waals surface area (Å²) in [4.78, 5) is 44.1. The molecular formula is C34H40ClN3O4. The van der Waals surface area contributed by atoms with Crippen LogP contribution in [-0.4, -0.2) is 52.5 Å². The molecule has 3 heterocycles. The second kappa shape index (κ2) is 11.5. The van der Waals surface area contributed by atoms with Gasteiger partial charge >= 0.3 is 0 Å². The Labute approximate surface area is 253 Å². The van der Waals surface area contributed by atoms with Crippen molar-refractivity contribution in [3.05, 3.63) is 77.3 Å². The Morgan fingerprint density at radius 3 is 2.55 bits per heavy atom. The summed E-state index contributed by atoms with van der Waals surface area (Å²) in [5.74, 6) is -1.34. The third-order valence-corrected chi connectivity index (χ3v) is 10.4. The summed E-state index contributed by atoms with van der Waals surface area (Å²) in [6, 6.07) is 16.0. The molecule has 222 valence electrons. The second-order valence-corrected chi connectivity index (χ2v) is 13.1. The number of hydrogen-bond acceptors (Lipinski definition) is 4. The molecule has 7 unspecified atom stereocenters. The SMILES string of the molecule is CC1CCCC(NC(=O)C2N(C(C)CCc3ccccc3)C(=O)[C@@H]3C(C(=O)Nc4ccc(Cl)cc4)[C@@H]4C=CC23O4)C1C. The van der Waals surface area contributed by atoms with Crippen molar-refractivity contribution in [1.82, 2.24) is 10.2 Å². The number of ether oxygens (including phenoxy) is 1. The summed E-state index contributed by atoms with van der Waals surface area (Å²) in [5, 5.41) is 6.86. The van der Waals surface area contributed by atoms with Crippen LogP contribution in [0.5, 0.6) is 0 Å². The molecule has 2 aromatic rings. The summed E-state index contributed by atoms with van der Waals surface area (Å²) in [7, 11) is 0. The lowest BCUT2D eigenvalue weighted by atomic mass is 9.73. The standard InChI is InChI=1S/C34H40ClN3O4/c1-20-8-7-11-26(22(20)3)37-32(40)30-34-19-18-27(42-34)28(31(39)36-25-16-14-24(35)15-17-25)29(34)33(41)38(30)21(2)12-13-23-9-5-4-6-10-23/h4-6,9-10,14-22,26-30H,7-8,11-13H2,1-3H3,(H,36,39)(H,37,40)/t20?,21?,22?,26?,27-,28?,29-,30?,34?/m0/s1. The number of likely N-dealkylation sites (tertiary alicyclic amines) is 1. The van der Waals surface area contributed by atoms with Crippen molar-refractivity contribution in [2.75, 3.05) is 5.32 Å². The molecule has 7 nitrogen and oxygen atoms in total. The van der Waals surface area contributed by atoms with Crippen molar-refractivity contribution in [3.63, 3.8) is 0 Å². The quantitative estimate of drug-likeness (QED) is 0.404. The van der Waals surface area contributed by atoms with Crippen LogP contribution in [0, 0.1) is 23.7 Å². The van der Waals surface area contributed by atoms with Crippen LogP contribution in [-0.2, 0) is 25.5 Å². The number of carbonyl (C=O) groups excluding carboxylic acids is 3. The second-order valence-electron chi connectivity index (χ2n) is 12.7. The first-order valence-electron chi connectivity index (χ1n) is 15.3. The van der Waals surface area contributed by atoms with E-state index in [2.05, 4.69) is 36.6 Å². The number of amides is 3. The maximum atomic E-state index is 14.4. The number of anilines is 1. The van der Waals surface area contributed by atoms with Gasteiger partial charge in [0.25, 0.3) is 0 Å². The Morgan fingerprint density at radius 2 is 1.81 bits per heavy atom. The van der Waals surface area contributed by atoms with Crippen LogP contribution >= 0.6 is 11.6 Å². The average molecular weight is 590 g/mol. The fraction of sp³-hybridized carbons (Fsp3) is 0.500. The molecule has 3 amide bonds. The van der Waals surface area contributed by atoms with Gasteiger partial charge in [0.05, 0.1) is 17.9 Å². The lowest BCUT2D eigenvalue weighted by molar-refractivity contribution is -0.144. The Kier molecular flexibility index (Phi) is 7.92. The van der Waals surface area contributed by atoms with Gasteiger partial charge in [-0.1, -0.05) is 80.8 Å². The van der Waals surface area contributed by atoms with E-state index in [4.69, 9.17) is 16.3 Å². The average Bonchev–Trinajstić information content (AvgIpc) is 3.63. The van der Waals surface area contributed by atoms with Gasteiger partial charge in [-0.25, -0.2) is 0 Å². The highest BCUT2D eigenvalue weighted by molar-refractivity contribution is 6.30. The molecule has 8 heteroatoms. The normalized spacial score (nSPS) is 33.9. The molecule has 2 N–H and O–H groups in total. The third-order valence-electron chi connectivity index (χ3n) is 10.2. The molecule has 9 atom stereocenters. The number of fused-ring (bicyclic) bond motifs is 1. The minimum Gasteiger partial charge on any atom is -0.359 e. The largest absolute Gasteiger partial charge is 0.359 e. The summed E-state index contributed by atoms with van der Waals surface area (Å²) >= 11 is 6.03. The zero-order chi connectivity index (χ0) is 29.6. The van der Waals surface area contributed by atoms with E-state index >= 15 is 0 Å². The summed E-state index contributed by atoms with van der Waals surface area (Å²) in [5.41, 5.74) is 0.592. The van der Waals surface area contributed by atoms with Gasteiger partial charge in [-0.2, -0.15) is 0 Å². The number of halogens is 1. The van der Waals surface area contributed by atoms with Gasteiger partial charge < -0.3 is 20.3 Å². The lowest BCUT2D eigenvalue weighted by Gasteiger charge is -2.39. The van der Waals surface area contributed by atoms with Gasteiger partial charge in [0.1, 0.15) is 11.6 Å². The van der Waals surface area contributed by atoms with Crippen LogP contribution in [0.1, 0.15) is 52.0 Å². The molecule has 2 saturated heterocycles. The van der Waals surface area contributed by atoms with Crippen LogP contribution in [0.25, 0.3) is 0 Å². The predicted octanol–water partition coefficient (Wildman–Crippen LogP) is 5.39. The number of nitrogens with one attached hydrogen (secondary N) is 2. The number of aryl methyl sites for hydroxylation is 1. The van der Waals surface area contributed by atoms with E-state index in [-0.39, 0.29) is 29.8 Å². The maximum Gasteiger partial charge on any atom is 0.246 e. The van der Waals surface area contributed by atoms with Gasteiger partial charge in [0, 0.05) is 22.8 Å². The van der Waals surface area contributed by atoms with E-state index in [0.29, 0.717) is 29.0 Å². The number of hydrogen-bond donors (Lipinski definition) is 2. The molecule has 1 spiro atoms. The maximum absolute atomic E-state index is 14.4. The molecule has 6 rings (SSSR count). The third kappa shape index (κ3) is 5.05. The van der Waals surface area contributed by atoms with E-state index in [9.17, 15) is 14.4 Å². The fourth-order valence-corrected chi connectivity index (χ4v) is 7.77. The van der Waals surface area contributed by atoms with Crippen LogP contribution in [0.2, 0.25) is 5.02 Å². The summed E-state index contributed by atoms with van der Waals surface area (Å²) < 4.78 is 6.54. The van der Waals surface area contributed by atoms with Crippen molar-refractivity contribution in [1.29, 1.82) is 0 Å². The predicted molar refractivity (Wildman–Crippen MR) is 163 cm³/mol. The number of rotatable bonds is 8. The Morgan fingerprint density at radius 1 is 1.07 bits per heavy atom. The first-order valence-corrected chi connectivity index (χ1v) is 15.7. The summed E-state index contributed by atoms with van der Waals surface area (Å²) in [6.45, 7) is 6.44. The monoisotopic (exact) mass is 589 g/mol. The Balaban J connectivity index is 1.30. The van der Waals surface area contributed by atoms with E-state index in [1.165, 1.54) is 5.56 Å². The first kappa shape index (κ1) is 28.9. The first-order chi connectivity index (χ1) is 20.2. The van der Waals surface area contributed by atoms with Crippen molar-refractivity contribution < 1.29 is 19.1 Å². The van der Waals surface area contributed by atoms with E-state index < -0.39 is 29.6 Å². The summed E-state index contributed by atoms with van der Waals surface area (Å²) in [6.07, 6.45) is 7.77. The molecule has 2 aromatic carbocycles.